The van der Waals surface area contributed by atoms with Crippen LogP contribution in [0.3, 0.4) is 0 Å². The van der Waals surface area contributed by atoms with Crippen molar-refractivity contribution in [3.05, 3.63) is 53.6 Å². The smallest absolute Gasteiger partial charge is 0.260 e. The maximum atomic E-state index is 13.3. The van der Waals surface area contributed by atoms with Crippen LogP contribution in [0.5, 0.6) is 5.75 Å². The maximum absolute atomic E-state index is 13.3. The van der Waals surface area contributed by atoms with Gasteiger partial charge in [0.15, 0.2) is 11.3 Å². The first-order chi connectivity index (χ1) is 16.5. The first-order valence-electron chi connectivity index (χ1n) is 11.0. The average molecular weight is 499 g/mol. The standard InChI is InChI=1S/C23H23ClN6O3S/c24-15-7-1-2-8-16(15)30-22(28-11-5-6-12-28)26-27-23(30)34-14-20(31)29-13-19(21(25)32)33-18-10-4-3-9-17(18)29/h1-4,7-10,19H,5-6,11-14H2,(H2,25,32). The van der Waals surface area contributed by atoms with Crippen LogP contribution in [0.4, 0.5) is 11.6 Å². The second kappa shape index (κ2) is 9.55. The fraction of sp³-hybridized carbons (Fsp3) is 0.304. The van der Waals surface area contributed by atoms with E-state index in [1.807, 2.05) is 34.9 Å². The lowest BCUT2D eigenvalue weighted by atomic mass is 10.2. The highest BCUT2D eigenvalue weighted by molar-refractivity contribution is 7.99. The zero-order chi connectivity index (χ0) is 23.7. The van der Waals surface area contributed by atoms with Crippen molar-refractivity contribution < 1.29 is 14.3 Å². The zero-order valence-electron chi connectivity index (χ0n) is 18.3. The van der Waals surface area contributed by atoms with Crippen molar-refractivity contribution in [1.82, 2.24) is 14.8 Å². The summed E-state index contributed by atoms with van der Waals surface area (Å²) in [7, 11) is 0. The van der Waals surface area contributed by atoms with E-state index in [1.165, 1.54) is 11.8 Å². The van der Waals surface area contributed by atoms with Crippen molar-refractivity contribution in [3.8, 4) is 11.4 Å². The van der Waals surface area contributed by atoms with E-state index in [9.17, 15) is 9.59 Å². The largest absolute Gasteiger partial charge is 0.477 e. The third-order valence-corrected chi connectivity index (χ3v) is 7.05. The van der Waals surface area contributed by atoms with Crippen LogP contribution < -0.4 is 20.3 Å². The number of nitrogens with zero attached hydrogens (tertiary/aromatic N) is 5. The number of aromatic nitrogens is 3. The number of thioether (sulfide) groups is 1. The predicted molar refractivity (Wildman–Crippen MR) is 131 cm³/mol. The van der Waals surface area contributed by atoms with Crippen molar-refractivity contribution in [1.29, 1.82) is 0 Å². The molecule has 1 atom stereocenters. The highest BCUT2D eigenvalue weighted by Crippen LogP contribution is 2.35. The van der Waals surface area contributed by atoms with Gasteiger partial charge in [-0.3, -0.25) is 14.2 Å². The average Bonchev–Trinajstić information content (AvgIpc) is 3.52. The molecule has 0 bridgehead atoms. The topological polar surface area (TPSA) is 107 Å². The number of fused-ring (bicyclic) bond motifs is 1. The number of anilines is 2. The minimum atomic E-state index is -0.905. The molecule has 2 aliphatic heterocycles. The van der Waals surface area contributed by atoms with Crippen molar-refractivity contribution in [3.63, 3.8) is 0 Å². The number of rotatable bonds is 6. The van der Waals surface area contributed by atoms with Crippen LogP contribution in [0.15, 0.2) is 53.7 Å². The zero-order valence-corrected chi connectivity index (χ0v) is 19.8. The molecule has 1 saturated heterocycles. The van der Waals surface area contributed by atoms with Gasteiger partial charge in [-0.1, -0.05) is 47.6 Å². The Labute approximate surface area is 205 Å². The summed E-state index contributed by atoms with van der Waals surface area (Å²) >= 11 is 7.79. The summed E-state index contributed by atoms with van der Waals surface area (Å²) in [5.74, 6) is 0.442. The third-order valence-electron chi connectivity index (χ3n) is 5.82. The number of carbonyl (C=O) groups excluding carboxylic acids is 2. The lowest BCUT2D eigenvalue weighted by molar-refractivity contribution is -0.125. The molecule has 176 valence electrons. The summed E-state index contributed by atoms with van der Waals surface area (Å²) in [5.41, 5.74) is 6.83. The Morgan fingerprint density at radius 3 is 2.50 bits per heavy atom. The first-order valence-corrected chi connectivity index (χ1v) is 12.3. The van der Waals surface area contributed by atoms with Gasteiger partial charge in [-0.2, -0.15) is 0 Å². The Kier molecular flexibility index (Phi) is 6.34. The molecule has 3 heterocycles. The molecule has 11 heteroatoms. The summed E-state index contributed by atoms with van der Waals surface area (Å²) in [6, 6.07) is 14.6. The van der Waals surface area contributed by atoms with Crippen molar-refractivity contribution in [2.75, 3.05) is 35.2 Å². The molecular formula is C23H23ClN6O3S. The summed E-state index contributed by atoms with van der Waals surface area (Å²) < 4.78 is 7.57. The number of amides is 2. The lowest BCUT2D eigenvalue weighted by Gasteiger charge is -2.33. The van der Waals surface area contributed by atoms with Crippen molar-refractivity contribution in [2.45, 2.75) is 24.1 Å². The Hall–Kier alpha value is -3.24. The monoisotopic (exact) mass is 498 g/mol. The summed E-state index contributed by atoms with van der Waals surface area (Å²) in [5, 5.41) is 9.96. The normalized spacial score (nSPS) is 17.4. The second-order valence-corrected chi connectivity index (χ2v) is 9.38. The van der Waals surface area contributed by atoms with E-state index in [0.29, 0.717) is 27.6 Å². The number of para-hydroxylation sites is 3. The molecule has 9 nitrogen and oxygen atoms in total. The number of nitrogens with two attached hydrogens (primary N) is 1. The van der Waals surface area contributed by atoms with Gasteiger partial charge < -0.3 is 20.3 Å². The second-order valence-electron chi connectivity index (χ2n) is 8.03. The van der Waals surface area contributed by atoms with Crippen LogP contribution in [0.25, 0.3) is 5.69 Å². The molecule has 5 rings (SSSR count). The highest BCUT2D eigenvalue weighted by atomic mass is 35.5. The van der Waals surface area contributed by atoms with Crippen LogP contribution >= 0.6 is 23.4 Å². The minimum Gasteiger partial charge on any atom is -0.477 e. The fourth-order valence-corrected chi connectivity index (χ4v) is 5.18. The van der Waals surface area contributed by atoms with Crippen molar-refractivity contribution in [2.24, 2.45) is 5.73 Å². The van der Waals surface area contributed by atoms with Gasteiger partial charge in [0.05, 0.1) is 28.7 Å². The van der Waals surface area contributed by atoms with Gasteiger partial charge in [0.1, 0.15) is 5.75 Å². The van der Waals surface area contributed by atoms with Gasteiger partial charge in [0, 0.05) is 13.1 Å². The molecule has 1 fully saturated rings. The van der Waals surface area contributed by atoms with Gasteiger partial charge in [0.25, 0.3) is 5.91 Å². The molecule has 2 aliphatic rings. The number of primary amides is 1. The fourth-order valence-electron chi connectivity index (χ4n) is 4.14. The van der Waals surface area contributed by atoms with Gasteiger partial charge in [-0.25, -0.2) is 0 Å². The SMILES string of the molecule is NC(=O)C1CN(C(=O)CSc2nnc(N3CCCC3)n2-c2ccccc2Cl)c2ccccc2O1. The Bertz CT molecular complexity index is 1230. The van der Waals surface area contributed by atoms with Crippen LogP contribution in [0.1, 0.15) is 12.8 Å². The predicted octanol–water partition coefficient (Wildman–Crippen LogP) is 2.89. The summed E-state index contributed by atoms with van der Waals surface area (Å²) in [4.78, 5) is 28.8. The van der Waals surface area contributed by atoms with Crippen LogP contribution in [-0.2, 0) is 9.59 Å². The Morgan fingerprint density at radius 2 is 1.76 bits per heavy atom. The molecule has 34 heavy (non-hydrogen) atoms. The van der Waals surface area contributed by atoms with E-state index < -0.39 is 12.0 Å². The van der Waals surface area contributed by atoms with Crippen LogP contribution in [0.2, 0.25) is 5.02 Å². The highest BCUT2D eigenvalue weighted by Gasteiger charge is 2.33. The number of benzene rings is 2. The van der Waals surface area contributed by atoms with Gasteiger partial charge in [-0.05, 0) is 37.1 Å². The van der Waals surface area contributed by atoms with E-state index in [0.717, 1.165) is 31.6 Å². The maximum Gasteiger partial charge on any atom is 0.260 e. The third kappa shape index (κ3) is 4.30. The number of hydrogen-bond acceptors (Lipinski definition) is 7. The van der Waals surface area contributed by atoms with Gasteiger partial charge >= 0.3 is 0 Å². The quantitative estimate of drug-likeness (QED) is 0.521. The molecule has 0 spiro atoms. The Morgan fingerprint density at radius 1 is 1.06 bits per heavy atom. The van der Waals surface area contributed by atoms with Gasteiger partial charge in [0.2, 0.25) is 11.9 Å². The molecule has 1 unspecified atom stereocenters. The van der Waals surface area contributed by atoms with Crippen LogP contribution in [0, 0.1) is 0 Å². The molecular weight excluding hydrogens is 476 g/mol. The lowest BCUT2D eigenvalue weighted by Crippen LogP contribution is -2.49. The molecule has 0 saturated carbocycles. The minimum absolute atomic E-state index is 0.0575. The molecule has 0 radical (unpaired) electrons. The molecule has 0 aliphatic carbocycles. The number of ether oxygens (including phenoxy) is 1. The number of halogens is 1. The first kappa shape index (κ1) is 22.5. The summed E-state index contributed by atoms with van der Waals surface area (Å²) in [6.45, 7) is 1.85. The van der Waals surface area contributed by atoms with E-state index in [1.54, 1.807) is 23.1 Å². The molecule has 3 aromatic rings. The molecule has 2 N–H and O–H groups in total. The number of carbonyl (C=O) groups is 2. The summed E-state index contributed by atoms with van der Waals surface area (Å²) in [6.07, 6.45) is 1.28. The van der Waals surface area contributed by atoms with E-state index in [2.05, 4.69) is 15.1 Å². The number of hydrogen-bond donors (Lipinski definition) is 1. The molecule has 2 aromatic carbocycles. The van der Waals surface area contributed by atoms with E-state index in [4.69, 9.17) is 22.1 Å². The van der Waals surface area contributed by atoms with Crippen molar-refractivity contribution >= 4 is 46.8 Å². The van der Waals surface area contributed by atoms with Gasteiger partial charge in [-0.15, -0.1) is 10.2 Å². The Balaban J connectivity index is 1.42. The van der Waals surface area contributed by atoms with Crippen LogP contribution in [-0.4, -0.2) is 58.1 Å². The van der Waals surface area contributed by atoms with E-state index in [-0.39, 0.29) is 18.2 Å². The molecule has 2 amide bonds. The molecule has 1 aromatic heterocycles. The van der Waals surface area contributed by atoms with E-state index >= 15 is 0 Å².